The van der Waals surface area contributed by atoms with Gasteiger partial charge in [0.2, 0.25) is 0 Å². The summed E-state index contributed by atoms with van der Waals surface area (Å²) in [5.74, 6) is 4.99. The molecule has 0 spiro atoms. The summed E-state index contributed by atoms with van der Waals surface area (Å²) < 4.78 is 25.1. The number of hydrogen-bond acceptors (Lipinski definition) is 5. The lowest BCUT2D eigenvalue weighted by Crippen LogP contribution is -2.50. The van der Waals surface area contributed by atoms with Crippen LogP contribution in [-0.4, -0.2) is 37.7 Å². The SMILES string of the molecule is CC(C)CCC[C@@H](C)CCC[C@@H](C)CCC[C@@H]1C(=O)c2cc(OC3CCCCO3)ccc2C2CC[C@@]3(C)C(CC[C@@H]3OC3CCCCO3)C21. The van der Waals surface area contributed by atoms with Crippen LogP contribution in [-0.2, 0) is 14.2 Å². The van der Waals surface area contributed by atoms with Crippen molar-refractivity contribution in [2.24, 2.45) is 40.9 Å². The maximum atomic E-state index is 14.7. The van der Waals surface area contributed by atoms with Crippen LogP contribution in [0.5, 0.6) is 5.75 Å². The van der Waals surface area contributed by atoms with Crippen molar-refractivity contribution in [3.05, 3.63) is 29.3 Å². The van der Waals surface area contributed by atoms with Crippen LogP contribution in [0.4, 0.5) is 0 Å². The first kappa shape index (κ1) is 37.3. The minimum absolute atomic E-state index is 0.0485. The summed E-state index contributed by atoms with van der Waals surface area (Å²) in [4.78, 5) is 14.7. The third-order valence-electron chi connectivity index (χ3n) is 13.7. The molecule has 276 valence electrons. The normalized spacial score (nSPS) is 34.2. The molecule has 5 aliphatic rings. The molecule has 5 unspecified atom stereocenters. The van der Waals surface area contributed by atoms with Crippen LogP contribution in [0.2, 0.25) is 0 Å². The average molecular weight is 679 g/mol. The van der Waals surface area contributed by atoms with Gasteiger partial charge in [0, 0.05) is 24.5 Å². The second kappa shape index (κ2) is 17.4. The maximum absolute atomic E-state index is 14.7. The third kappa shape index (κ3) is 9.15. The van der Waals surface area contributed by atoms with Gasteiger partial charge in [-0.2, -0.15) is 0 Å². The summed E-state index contributed by atoms with van der Waals surface area (Å²) in [6.07, 6.45) is 22.6. The number of carbonyl (C=O) groups excluding carboxylic acids is 1. The van der Waals surface area contributed by atoms with Crippen LogP contribution in [0.3, 0.4) is 0 Å². The van der Waals surface area contributed by atoms with E-state index in [1.807, 2.05) is 0 Å². The molecule has 2 heterocycles. The van der Waals surface area contributed by atoms with E-state index in [2.05, 4.69) is 52.8 Å². The molecule has 0 amide bonds. The average Bonchev–Trinajstić information content (AvgIpc) is 3.42. The van der Waals surface area contributed by atoms with Gasteiger partial charge in [0.15, 0.2) is 18.4 Å². The second-order valence-corrected chi connectivity index (χ2v) is 17.9. The molecule has 0 bridgehead atoms. The highest BCUT2D eigenvalue weighted by molar-refractivity contribution is 6.01. The summed E-state index contributed by atoms with van der Waals surface area (Å²) >= 11 is 0. The van der Waals surface area contributed by atoms with E-state index in [0.717, 1.165) is 106 Å². The largest absolute Gasteiger partial charge is 0.465 e. The Morgan fingerprint density at radius 1 is 0.796 bits per heavy atom. The van der Waals surface area contributed by atoms with Crippen molar-refractivity contribution >= 4 is 5.78 Å². The molecule has 3 aliphatic carbocycles. The third-order valence-corrected chi connectivity index (χ3v) is 13.7. The van der Waals surface area contributed by atoms with Crippen LogP contribution < -0.4 is 4.74 Å². The van der Waals surface area contributed by atoms with Crippen LogP contribution >= 0.6 is 0 Å². The van der Waals surface area contributed by atoms with E-state index in [1.165, 1.54) is 63.4 Å². The van der Waals surface area contributed by atoms with Crippen molar-refractivity contribution in [3.63, 3.8) is 0 Å². The van der Waals surface area contributed by atoms with Crippen molar-refractivity contribution in [1.29, 1.82) is 0 Å². The summed E-state index contributed by atoms with van der Waals surface area (Å²) in [6.45, 7) is 13.7. The zero-order valence-electron chi connectivity index (χ0n) is 31.9. The number of ketones is 1. The van der Waals surface area contributed by atoms with Gasteiger partial charge in [0.25, 0.3) is 0 Å². The highest BCUT2D eigenvalue weighted by Crippen LogP contribution is 2.63. The first-order valence-corrected chi connectivity index (χ1v) is 21.0. The van der Waals surface area contributed by atoms with E-state index >= 15 is 0 Å². The quantitative estimate of drug-likeness (QED) is 0.174. The first-order valence-electron chi connectivity index (χ1n) is 21.0. The Morgan fingerprint density at radius 3 is 2.14 bits per heavy atom. The summed E-state index contributed by atoms with van der Waals surface area (Å²) in [5, 5.41) is 0. The topological polar surface area (TPSA) is 54.0 Å². The lowest BCUT2D eigenvalue weighted by molar-refractivity contribution is -0.213. The van der Waals surface area contributed by atoms with Gasteiger partial charge in [-0.15, -0.1) is 0 Å². The van der Waals surface area contributed by atoms with Gasteiger partial charge in [0.05, 0.1) is 12.7 Å². The van der Waals surface area contributed by atoms with Crippen molar-refractivity contribution in [1.82, 2.24) is 0 Å². The Hall–Kier alpha value is -1.43. The van der Waals surface area contributed by atoms with Crippen molar-refractivity contribution in [2.45, 2.75) is 181 Å². The van der Waals surface area contributed by atoms with Crippen molar-refractivity contribution in [3.8, 4) is 5.75 Å². The molecular weight excluding hydrogens is 608 g/mol. The first-order chi connectivity index (χ1) is 23.7. The maximum Gasteiger partial charge on any atom is 0.199 e. The molecule has 10 atom stereocenters. The Kier molecular flexibility index (Phi) is 13.2. The monoisotopic (exact) mass is 679 g/mol. The van der Waals surface area contributed by atoms with Gasteiger partial charge in [-0.05, 0) is 123 Å². The molecule has 5 nitrogen and oxygen atoms in total. The molecule has 0 aromatic heterocycles. The fourth-order valence-corrected chi connectivity index (χ4v) is 10.8. The Bertz CT molecular complexity index is 1180. The number of fused-ring (bicyclic) bond motifs is 5. The number of rotatable bonds is 16. The van der Waals surface area contributed by atoms with Gasteiger partial charge in [-0.25, -0.2) is 0 Å². The molecule has 49 heavy (non-hydrogen) atoms. The van der Waals surface area contributed by atoms with Crippen LogP contribution in [0.15, 0.2) is 18.2 Å². The molecule has 4 fully saturated rings. The van der Waals surface area contributed by atoms with Crippen molar-refractivity contribution in [2.75, 3.05) is 13.2 Å². The highest BCUT2D eigenvalue weighted by atomic mass is 16.7. The smallest absolute Gasteiger partial charge is 0.199 e. The molecule has 2 aliphatic heterocycles. The molecule has 0 radical (unpaired) electrons. The summed E-state index contributed by atoms with van der Waals surface area (Å²) in [7, 11) is 0. The lowest BCUT2D eigenvalue weighted by atomic mass is 9.51. The molecular formula is C44H70O5. The van der Waals surface area contributed by atoms with Gasteiger partial charge in [-0.1, -0.05) is 92.1 Å². The van der Waals surface area contributed by atoms with E-state index < -0.39 is 0 Å². The van der Waals surface area contributed by atoms with E-state index in [4.69, 9.17) is 18.9 Å². The molecule has 2 saturated carbocycles. The fraction of sp³-hybridized carbons (Fsp3) is 0.841. The fourth-order valence-electron chi connectivity index (χ4n) is 10.8. The predicted octanol–water partition coefficient (Wildman–Crippen LogP) is 11.7. The number of hydrogen-bond donors (Lipinski definition) is 0. The van der Waals surface area contributed by atoms with E-state index in [9.17, 15) is 4.79 Å². The second-order valence-electron chi connectivity index (χ2n) is 17.9. The zero-order chi connectivity index (χ0) is 34.4. The minimum Gasteiger partial charge on any atom is -0.465 e. The van der Waals surface area contributed by atoms with Gasteiger partial charge >= 0.3 is 0 Å². The van der Waals surface area contributed by atoms with Gasteiger partial charge in [-0.3, -0.25) is 4.79 Å². The minimum atomic E-state index is -0.197. The molecule has 2 saturated heterocycles. The van der Waals surface area contributed by atoms with E-state index in [-0.39, 0.29) is 30.0 Å². The van der Waals surface area contributed by atoms with Crippen molar-refractivity contribution < 1.29 is 23.7 Å². The van der Waals surface area contributed by atoms with Crippen LogP contribution in [0.1, 0.15) is 178 Å². The van der Waals surface area contributed by atoms with E-state index in [1.54, 1.807) is 0 Å². The Balaban J connectivity index is 1.13. The Morgan fingerprint density at radius 2 is 1.47 bits per heavy atom. The zero-order valence-corrected chi connectivity index (χ0v) is 31.9. The standard InChI is InChI=1S/C44H70O5/c1-30(2)13-10-14-31(3)15-11-16-32(4)17-12-18-36-42-35(25-26-44(5)38(42)23-24-39(44)49-41-20-7-9-28-47-41)34-22-21-33(29-37(34)43(36)45)48-40-19-6-8-27-46-40/h21-22,29-32,35-36,38-42H,6-20,23-28H2,1-5H3/t31-,32-,35?,36+,38?,39+,40?,41?,42?,44+/m1/s1. The lowest BCUT2D eigenvalue weighted by Gasteiger charge is -2.53. The molecule has 0 N–H and O–H groups in total. The molecule has 6 rings (SSSR count). The molecule has 1 aromatic carbocycles. The summed E-state index contributed by atoms with van der Waals surface area (Å²) in [5.41, 5.74) is 2.32. The molecule has 1 aromatic rings. The van der Waals surface area contributed by atoms with Crippen LogP contribution in [0, 0.1) is 40.9 Å². The number of Topliss-reactive ketones (excluding diaryl/α,β-unsaturated/α-hetero) is 1. The number of benzene rings is 1. The van der Waals surface area contributed by atoms with E-state index in [0.29, 0.717) is 23.5 Å². The predicted molar refractivity (Wildman–Crippen MR) is 198 cm³/mol. The number of ether oxygens (including phenoxy) is 4. The highest BCUT2D eigenvalue weighted by Gasteiger charge is 2.59. The number of carbonyl (C=O) groups is 1. The Labute approximate surface area is 299 Å². The van der Waals surface area contributed by atoms with Gasteiger partial charge in [0.1, 0.15) is 5.75 Å². The summed E-state index contributed by atoms with van der Waals surface area (Å²) in [6, 6.07) is 6.44. The molecule has 5 heteroatoms. The van der Waals surface area contributed by atoms with Gasteiger partial charge < -0.3 is 18.9 Å². The van der Waals surface area contributed by atoms with Crippen LogP contribution in [0.25, 0.3) is 0 Å².